The molecule has 1 fully saturated rings. The first-order valence-electron chi connectivity index (χ1n) is 13.6. The van der Waals surface area contributed by atoms with Gasteiger partial charge in [-0.2, -0.15) is 0 Å². The molecule has 1 saturated heterocycles. The van der Waals surface area contributed by atoms with Gasteiger partial charge in [-0.25, -0.2) is 19.0 Å². The third-order valence-corrected chi connectivity index (χ3v) is 6.85. The first kappa shape index (κ1) is 30.8. The fourth-order valence-corrected chi connectivity index (χ4v) is 4.85. The lowest BCUT2D eigenvalue weighted by Crippen LogP contribution is -2.50. The lowest BCUT2D eigenvalue weighted by Gasteiger charge is -2.35. The molecule has 0 aliphatic carbocycles. The zero-order valence-electron chi connectivity index (χ0n) is 24.6. The van der Waals surface area contributed by atoms with Crippen molar-refractivity contribution in [1.29, 1.82) is 0 Å². The molecule has 1 aromatic heterocycles. The fraction of sp³-hybridized carbons (Fsp3) is 0.400. The molecule has 2 heterocycles. The van der Waals surface area contributed by atoms with Crippen molar-refractivity contribution in [2.45, 2.75) is 52.7 Å². The number of anilines is 3. The van der Waals surface area contributed by atoms with Crippen molar-refractivity contribution < 1.29 is 28.2 Å². The van der Waals surface area contributed by atoms with E-state index in [1.807, 2.05) is 25.7 Å². The average Bonchev–Trinajstić information content (AvgIpc) is 3.39. The van der Waals surface area contributed by atoms with E-state index in [1.54, 1.807) is 61.4 Å². The minimum Gasteiger partial charge on any atom is -0.444 e. The second kappa shape index (κ2) is 12.4. The Balaban J connectivity index is 1.48. The molecule has 0 spiro atoms. The van der Waals surface area contributed by atoms with Gasteiger partial charge in [0.2, 0.25) is 0 Å². The Morgan fingerprint density at radius 2 is 1.45 bits per heavy atom. The van der Waals surface area contributed by atoms with E-state index in [9.17, 15) is 18.8 Å². The summed E-state index contributed by atoms with van der Waals surface area (Å²) in [6.45, 7) is 12.8. The predicted molar refractivity (Wildman–Crippen MR) is 162 cm³/mol. The van der Waals surface area contributed by atoms with Gasteiger partial charge in [0.1, 0.15) is 22.8 Å². The number of hydrogen-bond donors (Lipinski definition) is 2. The monoisotopic (exact) mass is 597 g/mol. The number of carbonyl (C=O) groups is 3. The van der Waals surface area contributed by atoms with Crippen molar-refractivity contribution in [3.05, 3.63) is 58.7 Å². The SMILES string of the molecule is CC(C)(C)OC(=O)Nc1ccc(-c2ccc(F)cc2)cc1NC(=O)c1nc(N2CCN(C(=O)OC(C)(C)C)CC2)cs1. The van der Waals surface area contributed by atoms with Crippen LogP contribution in [0.3, 0.4) is 0 Å². The Morgan fingerprint density at radius 3 is 2.07 bits per heavy atom. The number of halogens is 1. The van der Waals surface area contributed by atoms with Crippen LogP contribution in [0.2, 0.25) is 0 Å². The smallest absolute Gasteiger partial charge is 0.412 e. The predicted octanol–water partition coefficient (Wildman–Crippen LogP) is 6.61. The maximum Gasteiger partial charge on any atom is 0.412 e. The molecule has 3 amide bonds. The Morgan fingerprint density at radius 1 is 0.833 bits per heavy atom. The summed E-state index contributed by atoms with van der Waals surface area (Å²) in [5.74, 6) is -0.176. The van der Waals surface area contributed by atoms with Crippen LogP contribution in [0.25, 0.3) is 11.1 Å². The standard InChI is InChI=1S/C30H36FN5O5S/c1-29(2,3)40-27(38)33-22-12-9-20(19-7-10-21(31)11-8-19)17-23(22)32-25(37)26-34-24(18-42-26)35-13-15-36(16-14-35)28(39)41-30(4,5)6/h7-12,17-18H,13-16H2,1-6H3,(H,32,37)(H,33,38). The number of thiazole rings is 1. The number of benzene rings is 2. The molecule has 0 bridgehead atoms. The molecule has 3 aromatic rings. The largest absolute Gasteiger partial charge is 0.444 e. The molecule has 42 heavy (non-hydrogen) atoms. The van der Waals surface area contributed by atoms with Gasteiger partial charge in [-0.3, -0.25) is 10.1 Å². The number of ether oxygens (including phenoxy) is 2. The molecule has 10 nitrogen and oxygen atoms in total. The van der Waals surface area contributed by atoms with Crippen molar-refractivity contribution >= 4 is 46.6 Å². The van der Waals surface area contributed by atoms with Gasteiger partial charge in [-0.15, -0.1) is 11.3 Å². The zero-order chi connectivity index (χ0) is 30.7. The molecule has 224 valence electrons. The minimum absolute atomic E-state index is 0.231. The van der Waals surface area contributed by atoms with Gasteiger partial charge in [0.05, 0.1) is 11.4 Å². The third-order valence-electron chi connectivity index (χ3n) is 6.02. The summed E-state index contributed by atoms with van der Waals surface area (Å²) < 4.78 is 24.3. The fourth-order valence-electron chi connectivity index (χ4n) is 4.13. The maximum atomic E-state index is 13.5. The Labute approximate surface area is 248 Å². The summed E-state index contributed by atoms with van der Waals surface area (Å²) in [4.78, 5) is 46.4. The van der Waals surface area contributed by atoms with Crippen LogP contribution < -0.4 is 15.5 Å². The van der Waals surface area contributed by atoms with E-state index in [-0.39, 0.29) is 16.9 Å². The maximum absolute atomic E-state index is 13.5. The van der Waals surface area contributed by atoms with Crippen LogP contribution in [0.1, 0.15) is 51.3 Å². The van der Waals surface area contributed by atoms with Crippen LogP contribution in [-0.4, -0.2) is 65.4 Å². The summed E-state index contributed by atoms with van der Waals surface area (Å²) in [7, 11) is 0. The van der Waals surface area contributed by atoms with E-state index < -0.39 is 23.2 Å². The molecular formula is C30H36FN5O5S. The van der Waals surface area contributed by atoms with Crippen LogP contribution in [0.5, 0.6) is 0 Å². The highest BCUT2D eigenvalue weighted by molar-refractivity contribution is 7.12. The van der Waals surface area contributed by atoms with Gasteiger partial charge in [-0.05, 0) is 76.9 Å². The Bertz CT molecular complexity index is 1440. The first-order valence-corrected chi connectivity index (χ1v) is 14.4. The van der Waals surface area contributed by atoms with E-state index in [2.05, 4.69) is 15.6 Å². The number of rotatable bonds is 5. The molecule has 2 N–H and O–H groups in total. The van der Waals surface area contributed by atoms with Crippen LogP contribution >= 0.6 is 11.3 Å². The minimum atomic E-state index is -0.711. The quantitative estimate of drug-likeness (QED) is 0.340. The highest BCUT2D eigenvalue weighted by Gasteiger charge is 2.27. The van der Waals surface area contributed by atoms with Crippen molar-refractivity contribution in [2.75, 3.05) is 41.7 Å². The van der Waals surface area contributed by atoms with E-state index >= 15 is 0 Å². The highest BCUT2D eigenvalue weighted by Crippen LogP contribution is 2.31. The van der Waals surface area contributed by atoms with Crippen LogP contribution in [-0.2, 0) is 9.47 Å². The van der Waals surface area contributed by atoms with Crippen molar-refractivity contribution in [3.63, 3.8) is 0 Å². The Kier molecular flexibility index (Phi) is 9.05. The average molecular weight is 598 g/mol. The van der Waals surface area contributed by atoms with Gasteiger partial charge in [0.25, 0.3) is 5.91 Å². The van der Waals surface area contributed by atoms with E-state index in [0.29, 0.717) is 48.9 Å². The molecule has 2 aromatic carbocycles. The summed E-state index contributed by atoms with van der Waals surface area (Å²) in [6.07, 6.45) is -1.02. The van der Waals surface area contributed by atoms with Crippen molar-refractivity contribution in [3.8, 4) is 11.1 Å². The number of amides is 3. The van der Waals surface area contributed by atoms with Gasteiger partial charge < -0.3 is 24.6 Å². The number of aromatic nitrogens is 1. The second-order valence-electron chi connectivity index (χ2n) is 11.8. The summed E-state index contributed by atoms with van der Waals surface area (Å²) in [6, 6.07) is 11.1. The molecule has 4 rings (SSSR count). The Hall–Kier alpha value is -4.19. The molecule has 0 unspecified atom stereocenters. The van der Waals surface area contributed by atoms with Crippen LogP contribution in [0, 0.1) is 5.82 Å². The van der Waals surface area contributed by atoms with Crippen LogP contribution in [0.4, 0.5) is 31.2 Å². The summed E-state index contributed by atoms with van der Waals surface area (Å²) >= 11 is 1.19. The molecule has 0 radical (unpaired) electrons. The van der Waals surface area contributed by atoms with Gasteiger partial charge in [0, 0.05) is 31.6 Å². The third kappa shape index (κ3) is 8.41. The van der Waals surface area contributed by atoms with Crippen molar-refractivity contribution in [2.24, 2.45) is 0 Å². The number of hydrogen-bond acceptors (Lipinski definition) is 8. The number of carbonyl (C=O) groups excluding carboxylic acids is 3. The number of piperazine rings is 1. The highest BCUT2D eigenvalue weighted by atomic mass is 32.1. The van der Waals surface area contributed by atoms with E-state index in [1.165, 1.54) is 23.5 Å². The van der Waals surface area contributed by atoms with Crippen LogP contribution in [0.15, 0.2) is 47.8 Å². The number of nitrogens with zero attached hydrogens (tertiary/aromatic N) is 3. The van der Waals surface area contributed by atoms with E-state index in [0.717, 1.165) is 5.56 Å². The van der Waals surface area contributed by atoms with Gasteiger partial charge >= 0.3 is 12.2 Å². The molecule has 1 aliphatic rings. The molecule has 0 atom stereocenters. The van der Waals surface area contributed by atoms with Gasteiger partial charge in [0.15, 0.2) is 5.01 Å². The first-order chi connectivity index (χ1) is 19.7. The summed E-state index contributed by atoms with van der Waals surface area (Å²) in [5.41, 5.74) is 0.832. The normalized spacial score (nSPS) is 13.9. The van der Waals surface area contributed by atoms with Crippen molar-refractivity contribution in [1.82, 2.24) is 9.88 Å². The molecule has 12 heteroatoms. The lowest BCUT2D eigenvalue weighted by atomic mass is 10.0. The van der Waals surface area contributed by atoms with E-state index in [4.69, 9.17) is 9.47 Å². The molecule has 0 saturated carbocycles. The summed E-state index contributed by atoms with van der Waals surface area (Å²) in [5, 5.41) is 7.58. The molecule has 1 aliphatic heterocycles. The van der Waals surface area contributed by atoms with Gasteiger partial charge in [-0.1, -0.05) is 18.2 Å². The second-order valence-corrected chi connectivity index (χ2v) is 12.7. The molecular weight excluding hydrogens is 561 g/mol. The lowest BCUT2D eigenvalue weighted by molar-refractivity contribution is 0.0240. The topological polar surface area (TPSA) is 113 Å². The number of nitrogens with one attached hydrogen (secondary N) is 2. The zero-order valence-corrected chi connectivity index (χ0v) is 25.4.